The highest BCUT2D eigenvalue weighted by Gasteiger charge is 2.17. The molecule has 0 bridgehead atoms. The standard InChI is InChI=1S/C10H16N2O3S/c1-10(2,13)7-12-9-8(16(3,14)15)5-4-6-11-9/h4-6,13H,7H2,1-3H3,(H,11,12). The van der Waals surface area contributed by atoms with Crippen molar-refractivity contribution >= 4 is 15.7 Å². The quantitative estimate of drug-likeness (QED) is 0.813. The molecule has 90 valence electrons. The Kier molecular flexibility index (Phi) is 3.54. The molecule has 0 spiro atoms. The number of nitrogens with zero attached hydrogens (tertiary/aromatic N) is 1. The summed E-state index contributed by atoms with van der Waals surface area (Å²) in [7, 11) is -3.31. The van der Waals surface area contributed by atoms with Crippen LogP contribution in [0.15, 0.2) is 23.2 Å². The van der Waals surface area contributed by atoms with Crippen molar-refractivity contribution in [3.05, 3.63) is 18.3 Å². The number of aliphatic hydroxyl groups is 1. The molecule has 1 heterocycles. The fourth-order valence-electron chi connectivity index (χ4n) is 1.12. The monoisotopic (exact) mass is 244 g/mol. The van der Waals surface area contributed by atoms with Crippen LogP contribution in [0.1, 0.15) is 13.8 Å². The molecule has 0 saturated heterocycles. The Hall–Kier alpha value is -1.14. The molecule has 0 aliphatic carbocycles. The summed E-state index contributed by atoms with van der Waals surface area (Å²) in [6.45, 7) is 3.48. The van der Waals surface area contributed by atoms with E-state index in [0.29, 0.717) is 0 Å². The first-order chi connectivity index (χ1) is 7.20. The van der Waals surface area contributed by atoms with Gasteiger partial charge < -0.3 is 10.4 Å². The fourth-order valence-corrected chi connectivity index (χ4v) is 1.92. The number of hydrogen-bond acceptors (Lipinski definition) is 5. The Bertz CT molecular complexity index is 463. The molecule has 16 heavy (non-hydrogen) atoms. The van der Waals surface area contributed by atoms with Gasteiger partial charge in [-0.2, -0.15) is 0 Å². The number of rotatable bonds is 4. The SMILES string of the molecule is CC(C)(O)CNc1ncccc1S(C)(=O)=O. The molecule has 1 aromatic rings. The van der Waals surface area contributed by atoms with Crippen LogP contribution in [0.5, 0.6) is 0 Å². The molecule has 0 unspecified atom stereocenters. The van der Waals surface area contributed by atoms with Gasteiger partial charge in [0.15, 0.2) is 9.84 Å². The summed E-state index contributed by atoms with van der Waals surface area (Å²) >= 11 is 0. The molecule has 0 radical (unpaired) electrons. The lowest BCUT2D eigenvalue weighted by Crippen LogP contribution is -2.30. The van der Waals surface area contributed by atoms with E-state index >= 15 is 0 Å². The van der Waals surface area contributed by atoms with E-state index < -0.39 is 15.4 Å². The summed E-state index contributed by atoms with van der Waals surface area (Å²) in [5, 5.41) is 12.4. The number of hydrogen-bond donors (Lipinski definition) is 2. The summed E-state index contributed by atoms with van der Waals surface area (Å²) in [5.74, 6) is 0.270. The summed E-state index contributed by atoms with van der Waals surface area (Å²) in [6.07, 6.45) is 2.63. The second kappa shape index (κ2) is 4.39. The van der Waals surface area contributed by atoms with Gasteiger partial charge in [-0.1, -0.05) is 0 Å². The van der Waals surface area contributed by atoms with E-state index in [-0.39, 0.29) is 17.3 Å². The van der Waals surface area contributed by atoms with Crippen LogP contribution in [0.2, 0.25) is 0 Å². The van der Waals surface area contributed by atoms with Gasteiger partial charge in [0.2, 0.25) is 0 Å². The first kappa shape index (κ1) is 12.9. The third-order valence-corrected chi connectivity index (χ3v) is 2.99. The van der Waals surface area contributed by atoms with Crippen molar-refractivity contribution in [2.45, 2.75) is 24.3 Å². The van der Waals surface area contributed by atoms with E-state index in [4.69, 9.17) is 0 Å². The maximum Gasteiger partial charge on any atom is 0.179 e. The van der Waals surface area contributed by atoms with E-state index in [0.717, 1.165) is 6.26 Å². The van der Waals surface area contributed by atoms with E-state index in [1.165, 1.54) is 12.3 Å². The van der Waals surface area contributed by atoms with Crippen molar-refractivity contribution in [1.82, 2.24) is 4.98 Å². The van der Waals surface area contributed by atoms with Crippen molar-refractivity contribution in [2.75, 3.05) is 18.1 Å². The Balaban J connectivity index is 2.97. The van der Waals surface area contributed by atoms with Gasteiger partial charge in [-0.25, -0.2) is 13.4 Å². The van der Waals surface area contributed by atoms with Crippen LogP contribution in [-0.2, 0) is 9.84 Å². The maximum absolute atomic E-state index is 11.4. The number of anilines is 1. The number of pyridine rings is 1. The summed E-state index contributed by atoms with van der Waals surface area (Å²) in [4.78, 5) is 4.09. The average Bonchev–Trinajstić information content (AvgIpc) is 2.12. The predicted molar refractivity (Wildman–Crippen MR) is 62.1 cm³/mol. The van der Waals surface area contributed by atoms with Crippen LogP contribution in [0.25, 0.3) is 0 Å². The highest BCUT2D eigenvalue weighted by atomic mass is 32.2. The third-order valence-electron chi connectivity index (χ3n) is 1.86. The van der Waals surface area contributed by atoms with Gasteiger partial charge in [-0.05, 0) is 26.0 Å². The normalized spacial score (nSPS) is 12.5. The van der Waals surface area contributed by atoms with Gasteiger partial charge in [-0.3, -0.25) is 0 Å². The summed E-state index contributed by atoms with van der Waals surface area (Å²) in [6, 6.07) is 3.04. The van der Waals surface area contributed by atoms with E-state index in [1.807, 2.05) is 0 Å². The Morgan fingerprint density at radius 1 is 1.50 bits per heavy atom. The lowest BCUT2D eigenvalue weighted by Gasteiger charge is -2.18. The first-order valence-corrected chi connectivity index (χ1v) is 6.70. The molecule has 6 heteroatoms. The minimum Gasteiger partial charge on any atom is -0.389 e. The third kappa shape index (κ3) is 3.79. The minimum absolute atomic E-state index is 0.138. The van der Waals surface area contributed by atoms with Gasteiger partial charge in [0.1, 0.15) is 10.7 Å². The molecule has 0 amide bonds. The van der Waals surface area contributed by atoms with Crippen LogP contribution in [-0.4, -0.2) is 36.9 Å². The molecule has 0 aliphatic heterocycles. The zero-order valence-electron chi connectivity index (χ0n) is 9.56. The fraction of sp³-hybridized carbons (Fsp3) is 0.500. The van der Waals surface area contributed by atoms with Crippen molar-refractivity contribution < 1.29 is 13.5 Å². The maximum atomic E-state index is 11.4. The number of sulfone groups is 1. The molecule has 1 aromatic heterocycles. The van der Waals surface area contributed by atoms with Crippen molar-refractivity contribution in [1.29, 1.82) is 0 Å². The zero-order valence-corrected chi connectivity index (χ0v) is 10.4. The Labute approximate surface area is 95.4 Å². The lowest BCUT2D eigenvalue weighted by atomic mass is 10.1. The van der Waals surface area contributed by atoms with Crippen LogP contribution in [0.4, 0.5) is 5.82 Å². The number of aromatic nitrogens is 1. The van der Waals surface area contributed by atoms with Gasteiger partial charge in [-0.15, -0.1) is 0 Å². The van der Waals surface area contributed by atoms with Crippen molar-refractivity contribution in [3.63, 3.8) is 0 Å². The molecular formula is C10H16N2O3S. The molecule has 5 nitrogen and oxygen atoms in total. The van der Waals surface area contributed by atoms with Crippen molar-refractivity contribution in [2.24, 2.45) is 0 Å². The molecule has 0 aliphatic rings. The highest BCUT2D eigenvalue weighted by Crippen LogP contribution is 2.18. The zero-order chi connectivity index (χ0) is 12.4. The molecule has 0 fully saturated rings. The van der Waals surface area contributed by atoms with E-state index in [1.54, 1.807) is 19.9 Å². The lowest BCUT2D eigenvalue weighted by molar-refractivity contribution is 0.0943. The smallest absolute Gasteiger partial charge is 0.179 e. The summed E-state index contributed by atoms with van der Waals surface area (Å²) in [5.41, 5.74) is -0.924. The Morgan fingerprint density at radius 3 is 2.62 bits per heavy atom. The molecule has 2 N–H and O–H groups in total. The van der Waals surface area contributed by atoms with E-state index in [2.05, 4.69) is 10.3 Å². The second-order valence-electron chi connectivity index (χ2n) is 4.29. The van der Waals surface area contributed by atoms with Gasteiger partial charge >= 0.3 is 0 Å². The minimum atomic E-state index is -3.31. The topological polar surface area (TPSA) is 79.3 Å². The molecule has 0 atom stereocenters. The Morgan fingerprint density at radius 2 is 2.12 bits per heavy atom. The van der Waals surface area contributed by atoms with Crippen LogP contribution >= 0.6 is 0 Å². The molecule has 0 aromatic carbocycles. The first-order valence-electron chi connectivity index (χ1n) is 4.81. The van der Waals surface area contributed by atoms with Gasteiger partial charge in [0.25, 0.3) is 0 Å². The highest BCUT2D eigenvalue weighted by molar-refractivity contribution is 7.90. The number of nitrogens with one attached hydrogen (secondary N) is 1. The van der Waals surface area contributed by atoms with Crippen LogP contribution in [0.3, 0.4) is 0 Å². The van der Waals surface area contributed by atoms with E-state index in [9.17, 15) is 13.5 Å². The predicted octanol–water partition coefficient (Wildman–Crippen LogP) is 0.668. The molecule has 0 saturated carbocycles. The summed E-state index contributed by atoms with van der Waals surface area (Å²) < 4.78 is 22.9. The second-order valence-corrected chi connectivity index (χ2v) is 6.27. The van der Waals surface area contributed by atoms with Gasteiger partial charge in [0, 0.05) is 19.0 Å². The van der Waals surface area contributed by atoms with Crippen LogP contribution < -0.4 is 5.32 Å². The molecule has 1 rings (SSSR count). The van der Waals surface area contributed by atoms with Gasteiger partial charge in [0.05, 0.1) is 5.60 Å². The van der Waals surface area contributed by atoms with Crippen LogP contribution in [0, 0.1) is 0 Å². The molecular weight excluding hydrogens is 228 g/mol. The average molecular weight is 244 g/mol. The van der Waals surface area contributed by atoms with Crippen molar-refractivity contribution in [3.8, 4) is 0 Å². The largest absolute Gasteiger partial charge is 0.389 e.